The van der Waals surface area contributed by atoms with Crippen LogP contribution in [0.5, 0.6) is 5.75 Å². The highest BCUT2D eigenvalue weighted by Gasteiger charge is 2.07. The summed E-state index contributed by atoms with van der Waals surface area (Å²) in [5.41, 5.74) is 3.24. The van der Waals surface area contributed by atoms with E-state index >= 15 is 0 Å². The maximum Gasteiger partial charge on any atom is 0.338 e. The van der Waals surface area contributed by atoms with Crippen molar-refractivity contribution in [3.8, 4) is 5.75 Å². The number of rotatable bonds is 12. The molecule has 0 spiro atoms. The Kier molecular flexibility index (Phi) is 9.00. The molecule has 0 saturated heterocycles. The van der Waals surface area contributed by atoms with Crippen LogP contribution in [0, 0.1) is 0 Å². The number of unbranched alkanes of at least 4 members (excludes halogenated alkanes) is 2. The van der Waals surface area contributed by atoms with Crippen molar-refractivity contribution in [1.29, 1.82) is 0 Å². The predicted octanol–water partition coefficient (Wildman–Crippen LogP) is 6.27. The molecule has 0 heterocycles. The zero-order valence-corrected chi connectivity index (χ0v) is 17.5. The molecule has 0 saturated carbocycles. The summed E-state index contributed by atoms with van der Waals surface area (Å²) in [4.78, 5) is 12.2. The van der Waals surface area contributed by atoms with Crippen molar-refractivity contribution in [1.82, 2.24) is 0 Å². The normalized spacial score (nSPS) is 10.5. The Labute approximate surface area is 179 Å². The molecule has 3 rings (SSSR count). The van der Waals surface area contributed by atoms with Crippen LogP contribution in [0.4, 0.5) is 0 Å². The van der Waals surface area contributed by atoms with Crippen LogP contribution in [0.1, 0.15) is 47.2 Å². The van der Waals surface area contributed by atoms with E-state index in [0.717, 1.165) is 44.3 Å². The van der Waals surface area contributed by atoms with Crippen LogP contribution < -0.4 is 4.74 Å². The van der Waals surface area contributed by atoms with Gasteiger partial charge >= 0.3 is 5.97 Å². The van der Waals surface area contributed by atoms with Gasteiger partial charge in [0.2, 0.25) is 0 Å². The Hall–Kier alpha value is -3.07. The second kappa shape index (κ2) is 12.5. The second-order valence-electron chi connectivity index (χ2n) is 7.39. The number of ether oxygens (including phenoxy) is 2. The van der Waals surface area contributed by atoms with Gasteiger partial charge in [-0.05, 0) is 73.9 Å². The minimum atomic E-state index is -0.274. The molecule has 0 bridgehead atoms. The van der Waals surface area contributed by atoms with E-state index < -0.39 is 0 Å². The fourth-order valence-corrected chi connectivity index (χ4v) is 3.28. The Bertz CT molecular complexity index is 858. The van der Waals surface area contributed by atoms with E-state index in [-0.39, 0.29) is 5.97 Å². The molecule has 0 fully saturated rings. The monoisotopic (exact) mass is 402 g/mol. The molecule has 0 aromatic heterocycles. The first-order valence-corrected chi connectivity index (χ1v) is 10.8. The van der Waals surface area contributed by atoms with Crippen LogP contribution in [-0.2, 0) is 17.6 Å². The lowest BCUT2D eigenvalue weighted by Gasteiger charge is -2.08. The molecule has 3 nitrogen and oxygen atoms in total. The maximum atomic E-state index is 12.2. The smallest absolute Gasteiger partial charge is 0.338 e. The molecular formula is C27H30O3. The van der Waals surface area contributed by atoms with E-state index in [1.807, 2.05) is 36.4 Å². The third-order valence-corrected chi connectivity index (χ3v) is 5.00. The maximum absolute atomic E-state index is 12.2. The van der Waals surface area contributed by atoms with Crippen LogP contribution in [-0.4, -0.2) is 19.2 Å². The lowest BCUT2D eigenvalue weighted by atomic mass is 10.1. The number of hydrogen-bond donors (Lipinski definition) is 0. The molecule has 156 valence electrons. The van der Waals surface area contributed by atoms with Gasteiger partial charge in [-0.3, -0.25) is 0 Å². The summed E-state index contributed by atoms with van der Waals surface area (Å²) in [7, 11) is 0. The van der Waals surface area contributed by atoms with Gasteiger partial charge in [0.15, 0.2) is 0 Å². The molecular weight excluding hydrogens is 372 g/mol. The lowest BCUT2D eigenvalue weighted by molar-refractivity contribution is 0.0498. The first-order valence-electron chi connectivity index (χ1n) is 10.8. The molecule has 0 radical (unpaired) electrons. The van der Waals surface area contributed by atoms with Crippen molar-refractivity contribution in [3.05, 3.63) is 102 Å². The minimum absolute atomic E-state index is 0.274. The summed E-state index contributed by atoms with van der Waals surface area (Å²) in [6.45, 7) is 1.13. The fourth-order valence-electron chi connectivity index (χ4n) is 3.28. The second-order valence-corrected chi connectivity index (χ2v) is 7.39. The third kappa shape index (κ3) is 7.75. The Balaban J connectivity index is 1.28. The van der Waals surface area contributed by atoms with E-state index in [0.29, 0.717) is 18.8 Å². The zero-order valence-electron chi connectivity index (χ0n) is 17.5. The number of carbonyl (C=O) groups excluding carboxylic acids is 1. The predicted molar refractivity (Wildman–Crippen MR) is 121 cm³/mol. The van der Waals surface area contributed by atoms with Gasteiger partial charge in [-0.1, -0.05) is 60.7 Å². The van der Waals surface area contributed by atoms with Gasteiger partial charge in [0.05, 0.1) is 18.8 Å². The van der Waals surface area contributed by atoms with E-state index in [1.54, 1.807) is 12.1 Å². The Morgan fingerprint density at radius 1 is 0.600 bits per heavy atom. The number of benzene rings is 3. The van der Waals surface area contributed by atoms with Crippen molar-refractivity contribution in [3.63, 3.8) is 0 Å². The standard InChI is InChI=1S/C27H30O3/c28-27(30-22-10-8-16-24-13-5-2-6-14-24)25-17-19-26(20-18-25)29-21-9-7-15-23-11-3-1-4-12-23/h1-6,11-14,17-20H,7-10,15-16,21-22H2. The number of esters is 1. The summed E-state index contributed by atoms with van der Waals surface area (Å²) in [5.74, 6) is 0.512. The Morgan fingerprint density at radius 3 is 1.70 bits per heavy atom. The Morgan fingerprint density at radius 2 is 1.13 bits per heavy atom. The summed E-state index contributed by atoms with van der Waals surface area (Å²) < 4.78 is 11.2. The molecule has 0 atom stereocenters. The highest BCUT2D eigenvalue weighted by molar-refractivity contribution is 5.89. The van der Waals surface area contributed by atoms with Gasteiger partial charge in [0.25, 0.3) is 0 Å². The summed E-state index contributed by atoms with van der Waals surface area (Å²) >= 11 is 0. The van der Waals surface area contributed by atoms with Gasteiger partial charge in [-0.15, -0.1) is 0 Å². The van der Waals surface area contributed by atoms with E-state index in [9.17, 15) is 4.79 Å². The molecule has 0 N–H and O–H groups in total. The van der Waals surface area contributed by atoms with Gasteiger partial charge < -0.3 is 9.47 Å². The molecule has 3 aromatic carbocycles. The molecule has 0 amide bonds. The van der Waals surface area contributed by atoms with Crippen molar-refractivity contribution < 1.29 is 14.3 Å². The van der Waals surface area contributed by atoms with Crippen LogP contribution >= 0.6 is 0 Å². The summed E-state index contributed by atoms with van der Waals surface area (Å²) in [6, 6.07) is 28.1. The van der Waals surface area contributed by atoms with E-state index in [2.05, 4.69) is 36.4 Å². The molecule has 30 heavy (non-hydrogen) atoms. The first-order chi connectivity index (χ1) is 14.8. The average molecular weight is 403 g/mol. The SMILES string of the molecule is O=C(OCCCCc1ccccc1)c1ccc(OCCCCc2ccccc2)cc1. The van der Waals surface area contributed by atoms with Crippen LogP contribution in [0.25, 0.3) is 0 Å². The topological polar surface area (TPSA) is 35.5 Å². The molecule has 0 aliphatic rings. The quantitative estimate of drug-likeness (QED) is 0.265. The van der Waals surface area contributed by atoms with Gasteiger partial charge in [0.1, 0.15) is 5.75 Å². The zero-order chi connectivity index (χ0) is 20.9. The van der Waals surface area contributed by atoms with E-state index in [4.69, 9.17) is 9.47 Å². The number of aryl methyl sites for hydroxylation is 2. The largest absolute Gasteiger partial charge is 0.494 e. The van der Waals surface area contributed by atoms with Crippen molar-refractivity contribution in [2.75, 3.05) is 13.2 Å². The third-order valence-electron chi connectivity index (χ3n) is 5.00. The summed E-state index contributed by atoms with van der Waals surface area (Å²) in [5, 5.41) is 0. The highest BCUT2D eigenvalue weighted by Crippen LogP contribution is 2.14. The molecule has 3 aromatic rings. The molecule has 0 aliphatic heterocycles. The number of carbonyl (C=O) groups is 1. The molecule has 0 aliphatic carbocycles. The van der Waals surface area contributed by atoms with E-state index in [1.165, 1.54) is 11.1 Å². The number of hydrogen-bond acceptors (Lipinski definition) is 3. The van der Waals surface area contributed by atoms with Crippen LogP contribution in [0.15, 0.2) is 84.9 Å². The van der Waals surface area contributed by atoms with Crippen molar-refractivity contribution in [2.24, 2.45) is 0 Å². The molecule has 3 heteroatoms. The minimum Gasteiger partial charge on any atom is -0.494 e. The lowest BCUT2D eigenvalue weighted by Crippen LogP contribution is -2.07. The van der Waals surface area contributed by atoms with Crippen molar-refractivity contribution in [2.45, 2.75) is 38.5 Å². The van der Waals surface area contributed by atoms with Crippen LogP contribution in [0.2, 0.25) is 0 Å². The average Bonchev–Trinajstić information content (AvgIpc) is 2.80. The van der Waals surface area contributed by atoms with Gasteiger partial charge in [0, 0.05) is 0 Å². The van der Waals surface area contributed by atoms with Gasteiger partial charge in [-0.25, -0.2) is 4.79 Å². The highest BCUT2D eigenvalue weighted by atomic mass is 16.5. The van der Waals surface area contributed by atoms with Gasteiger partial charge in [-0.2, -0.15) is 0 Å². The molecule has 0 unspecified atom stereocenters. The summed E-state index contributed by atoms with van der Waals surface area (Å²) in [6.07, 6.45) is 6.05. The van der Waals surface area contributed by atoms with Crippen molar-refractivity contribution >= 4 is 5.97 Å². The first kappa shape index (κ1) is 21.6. The van der Waals surface area contributed by atoms with Crippen LogP contribution in [0.3, 0.4) is 0 Å². The fraction of sp³-hybridized carbons (Fsp3) is 0.296.